The minimum atomic E-state index is -1.36. The summed E-state index contributed by atoms with van der Waals surface area (Å²) in [5.74, 6) is -2.60. The molecule has 37 heavy (non-hydrogen) atoms. The molecule has 0 aromatic carbocycles. The van der Waals surface area contributed by atoms with Crippen LogP contribution in [0.1, 0.15) is 83.8 Å². The molecule has 3 heterocycles. The van der Waals surface area contributed by atoms with Crippen molar-refractivity contribution in [3.63, 3.8) is 0 Å². The SMILES string of the molecule is CC[C@H]1C(=O)C(C)(C)[C@@H](O)CC(=O)O[C@H](/C(F)=C\c2csc(CN)n2)C[C@@H]2O[C@]2(C)CCC[C@H](C)[C@@H]1O. The number of esters is 1. The van der Waals surface area contributed by atoms with Crippen molar-refractivity contribution in [3.8, 4) is 0 Å². The third-order valence-corrected chi connectivity index (χ3v) is 8.90. The monoisotopic (exact) mass is 540 g/mol. The van der Waals surface area contributed by atoms with E-state index in [1.54, 1.807) is 19.2 Å². The predicted octanol–water partition coefficient (Wildman–Crippen LogP) is 3.93. The Morgan fingerprint density at radius 2 is 2.03 bits per heavy atom. The summed E-state index contributed by atoms with van der Waals surface area (Å²) in [6.07, 6.45) is -0.330. The molecule has 4 N–H and O–H groups in total. The van der Waals surface area contributed by atoms with Crippen LogP contribution >= 0.6 is 11.3 Å². The van der Waals surface area contributed by atoms with Gasteiger partial charge in [-0.25, -0.2) is 9.37 Å². The Balaban J connectivity index is 1.87. The Morgan fingerprint density at radius 1 is 1.32 bits per heavy atom. The topological polar surface area (TPSA) is 135 Å². The van der Waals surface area contributed by atoms with Gasteiger partial charge in [0.25, 0.3) is 0 Å². The number of aromatic nitrogens is 1. The number of nitrogens with two attached hydrogens (primary N) is 1. The molecule has 2 aliphatic heterocycles. The largest absolute Gasteiger partial charge is 0.455 e. The van der Waals surface area contributed by atoms with Crippen LogP contribution in [0.25, 0.3) is 6.08 Å². The highest BCUT2D eigenvalue weighted by molar-refractivity contribution is 7.09. The van der Waals surface area contributed by atoms with E-state index in [1.807, 2.05) is 20.8 Å². The summed E-state index contributed by atoms with van der Waals surface area (Å²) in [6, 6.07) is 0. The van der Waals surface area contributed by atoms with Gasteiger partial charge in [-0.3, -0.25) is 9.59 Å². The summed E-state index contributed by atoms with van der Waals surface area (Å²) < 4.78 is 26.8. The first-order valence-corrected chi connectivity index (χ1v) is 14.0. The summed E-state index contributed by atoms with van der Waals surface area (Å²) in [7, 11) is 0. The van der Waals surface area contributed by atoms with Crippen LogP contribution in [0.15, 0.2) is 11.2 Å². The van der Waals surface area contributed by atoms with Gasteiger partial charge in [-0.2, -0.15) is 0 Å². The first-order chi connectivity index (χ1) is 17.3. The Kier molecular flexibility index (Phi) is 9.66. The maximum absolute atomic E-state index is 15.4. The third kappa shape index (κ3) is 7.03. The molecule has 2 saturated heterocycles. The fraction of sp³-hybridized carbons (Fsp3) is 0.741. The van der Waals surface area contributed by atoms with E-state index in [0.717, 1.165) is 6.42 Å². The lowest BCUT2D eigenvalue weighted by Crippen LogP contribution is -2.46. The van der Waals surface area contributed by atoms with Gasteiger partial charge in [-0.1, -0.05) is 34.1 Å². The normalized spacial score (nSPS) is 36.1. The van der Waals surface area contributed by atoms with E-state index in [2.05, 4.69) is 4.98 Å². The van der Waals surface area contributed by atoms with Crippen LogP contribution in [0.2, 0.25) is 0 Å². The summed E-state index contributed by atoms with van der Waals surface area (Å²) in [4.78, 5) is 30.5. The quantitative estimate of drug-likeness (QED) is 0.386. The molecule has 0 bridgehead atoms. The molecule has 0 amide bonds. The number of Topliss-reactive ketones (excluding diaryl/α,β-unsaturated/α-hetero) is 1. The van der Waals surface area contributed by atoms with Crippen molar-refractivity contribution in [1.29, 1.82) is 0 Å². The van der Waals surface area contributed by atoms with Gasteiger partial charge in [0.2, 0.25) is 0 Å². The van der Waals surface area contributed by atoms with Gasteiger partial charge >= 0.3 is 5.97 Å². The van der Waals surface area contributed by atoms with E-state index in [4.69, 9.17) is 15.2 Å². The number of nitrogens with zero attached hydrogens (tertiary/aromatic N) is 1. The number of hydrogen-bond acceptors (Lipinski definition) is 9. The smallest absolute Gasteiger partial charge is 0.309 e. The Bertz CT molecular complexity index is 997. The van der Waals surface area contributed by atoms with E-state index in [1.165, 1.54) is 17.4 Å². The molecular formula is C27H41FN2O6S. The number of epoxide rings is 1. The van der Waals surface area contributed by atoms with Gasteiger partial charge in [-0.05, 0) is 38.2 Å². The number of thiazole rings is 1. The third-order valence-electron chi connectivity index (χ3n) is 8.01. The average Bonchev–Trinajstić information content (AvgIpc) is 3.24. The van der Waals surface area contributed by atoms with E-state index >= 15 is 4.39 Å². The Labute approximate surface area is 222 Å². The van der Waals surface area contributed by atoms with Crippen LogP contribution in [-0.4, -0.2) is 57.0 Å². The van der Waals surface area contributed by atoms with Crippen molar-refractivity contribution in [1.82, 2.24) is 4.98 Å². The van der Waals surface area contributed by atoms with Crippen LogP contribution in [0.3, 0.4) is 0 Å². The van der Waals surface area contributed by atoms with Gasteiger partial charge in [0.05, 0.1) is 41.4 Å². The second kappa shape index (κ2) is 12.0. The number of aliphatic hydroxyl groups is 2. The summed E-state index contributed by atoms with van der Waals surface area (Å²) in [6.45, 7) is 9.07. The molecule has 0 aliphatic carbocycles. The molecule has 2 aliphatic rings. The zero-order valence-corrected chi connectivity index (χ0v) is 23.2. The lowest BCUT2D eigenvalue weighted by molar-refractivity contribution is -0.155. The van der Waals surface area contributed by atoms with Crippen LogP contribution in [0.4, 0.5) is 4.39 Å². The highest BCUT2D eigenvalue weighted by atomic mass is 32.1. The maximum atomic E-state index is 15.4. The average molecular weight is 541 g/mol. The van der Waals surface area contributed by atoms with Gasteiger partial charge in [0.1, 0.15) is 16.6 Å². The van der Waals surface area contributed by atoms with E-state index in [0.29, 0.717) is 30.0 Å². The van der Waals surface area contributed by atoms with Crippen molar-refractivity contribution in [3.05, 3.63) is 21.9 Å². The minimum Gasteiger partial charge on any atom is -0.455 e. The summed E-state index contributed by atoms with van der Waals surface area (Å²) in [5.41, 5.74) is 4.19. The standard InChI is InChI=1S/C27H41FN2O6S/c1-6-17-24(33)15(2)8-7-9-27(5)21(36-27)11-19(18(28)10-16-14-37-22(13-29)30-16)35-23(32)12-20(31)26(3,4)25(17)34/h10,14-15,17,19-21,24,31,33H,6-9,11-13,29H2,1-5H3/b18-10+/t15-,17+,19-,20-,21-,24-,27+/m0/s1. The Morgan fingerprint density at radius 3 is 2.65 bits per heavy atom. The van der Waals surface area contributed by atoms with Gasteiger partial charge in [-0.15, -0.1) is 11.3 Å². The number of aliphatic hydroxyl groups excluding tert-OH is 2. The molecule has 3 rings (SSSR count). The molecule has 10 heteroatoms. The lowest BCUT2D eigenvalue weighted by atomic mass is 9.71. The maximum Gasteiger partial charge on any atom is 0.309 e. The fourth-order valence-electron chi connectivity index (χ4n) is 5.13. The number of carbonyl (C=O) groups is 2. The number of ether oxygens (including phenoxy) is 2. The number of halogens is 1. The highest BCUT2D eigenvalue weighted by Crippen LogP contribution is 2.45. The molecule has 0 unspecified atom stereocenters. The number of rotatable bonds is 4. The van der Waals surface area contributed by atoms with E-state index in [-0.39, 0.29) is 30.8 Å². The fourth-order valence-corrected chi connectivity index (χ4v) is 5.76. The molecular weight excluding hydrogens is 499 g/mol. The number of cyclic esters (lactones) is 1. The highest BCUT2D eigenvalue weighted by Gasteiger charge is 2.53. The van der Waals surface area contributed by atoms with Gasteiger partial charge in [0.15, 0.2) is 6.10 Å². The minimum absolute atomic E-state index is 0.118. The molecule has 1 aromatic rings. The predicted molar refractivity (Wildman–Crippen MR) is 139 cm³/mol. The molecule has 8 nitrogen and oxygen atoms in total. The first-order valence-electron chi connectivity index (χ1n) is 13.1. The number of hydrogen-bond donors (Lipinski definition) is 3. The first kappa shape index (κ1) is 29.8. The van der Waals surface area contributed by atoms with Crippen LogP contribution in [0.5, 0.6) is 0 Å². The second-order valence-corrected chi connectivity index (χ2v) is 12.2. The molecule has 7 atom stereocenters. The van der Waals surface area contributed by atoms with Crippen molar-refractivity contribution < 1.29 is 33.7 Å². The molecule has 0 saturated carbocycles. The number of fused-ring (bicyclic) bond motifs is 1. The van der Waals surface area contributed by atoms with Crippen LogP contribution in [0, 0.1) is 17.3 Å². The van der Waals surface area contributed by atoms with Crippen molar-refractivity contribution in [2.75, 3.05) is 0 Å². The Hall–Kier alpha value is -1.72. The molecule has 0 radical (unpaired) electrons. The summed E-state index contributed by atoms with van der Waals surface area (Å²) in [5, 5.41) is 24.2. The van der Waals surface area contributed by atoms with Crippen LogP contribution < -0.4 is 5.73 Å². The lowest BCUT2D eigenvalue weighted by Gasteiger charge is -2.35. The van der Waals surface area contributed by atoms with Crippen molar-refractivity contribution in [2.45, 2.75) is 110 Å². The number of carbonyl (C=O) groups excluding carboxylic acids is 2. The van der Waals surface area contributed by atoms with E-state index in [9.17, 15) is 19.8 Å². The number of ketones is 1. The van der Waals surface area contributed by atoms with Crippen molar-refractivity contribution >= 4 is 29.2 Å². The van der Waals surface area contributed by atoms with E-state index < -0.39 is 53.5 Å². The van der Waals surface area contributed by atoms with Gasteiger partial charge in [0, 0.05) is 24.3 Å². The second-order valence-electron chi connectivity index (χ2n) is 11.2. The zero-order valence-electron chi connectivity index (χ0n) is 22.4. The molecule has 1 aromatic heterocycles. The molecule has 2 fully saturated rings. The summed E-state index contributed by atoms with van der Waals surface area (Å²) >= 11 is 1.31. The molecule has 0 spiro atoms. The molecule has 208 valence electrons. The zero-order chi connectivity index (χ0) is 27.5. The van der Waals surface area contributed by atoms with Crippen LogP contribution in [-0.2, 0) is 25.6 Å². The van der Waals surface area contributed by atoms with Gasteiger partial charge < -0.3 is 25.4 Å². The van der Waals surface area contributed by atoms with Crippen molar-refractivity contribution in [2.24, 2.45) is 23.0 Å².